The monoisotopic (exact) mass is 398 g/mol. The van der Waals surface area contributed by atoms with E-state index >= 15 is 0 Å². The van der Waals surface area contributed by atoms with Crippen LogP contribution < -0.4 is 10.1 Å². The molecule has 6 nitrogen and oxygen atoms in total. The number of ether oxygens (including phenoxy) is 1. The fraction of sp³-hybridized carbons (Fsp3) is 0.0833. The number of hydrogen-bond acceptors (Lipinski definition) is 6. The maximum Gasteiger partial charge on any atom is 0.162 e. The number of aromatic nitrogens is 2. The highest BCUT2D eigenvalue weighted by Gasteiger charge is 2.11. The number of nitrogens with zero attached hydrogens (tertiary/aromatic N) is 2. The minimum atomic E-state index is -0.0113. The molecule has 0 bridgehead atoms. The lowest BCUT2D eigenvalue weighted by atomic mass is 10.1. The summed E-state index contributed by atoms with van der Waals surface area (Å²) < 4.78 is 5.40. The number of rotatable bonds is 9. The van der Waals surface area contributed by atoms with Crippen molar-refractivity contribution in [2.75, 3.05) is 11.9 Å². The Labute approximate surface area is 175 Å². The summed E-state index contributed by atoms with van der Waals surface area (Å²) in [6.45, 7) is 5.72. The molecule has 1 aromatic heterocycles. The van der Waals surface area contributed by atoms with Crippen LogP contribution in [0.3, 0.4) is 0 Å². The van der Waals surface area contributed by atoms with Gasteiger partial charge in [-0.2, -0.15) is 0 Å². The van der Waals surface area contributed by atoms with E-state index in [9.17, 15) is 4.79 Å². The molecule has 2 aromatic carbocycles. The first kappa shape index (κ1) is 20.7. The van der Waals surface area contributed by atoms with E-state index in [0.29, 0.717) is 29.4 Å². The molecule has 0 saturated carbocycles. The number of para-hydroxylation sites is 1. The molecule has 0 aliphatic rings. The second-order valence-corrected chi connectivity index (χ2v) is 6.28. The molecule has 0 atom stereocenters. The molecular formula is C24H22N4O2. The van der Waals surface area contributed by atoms with Crippen molar-refractivity contribution >= 4 is 29.2 Å². The van der Waals surface area contributed by atoms with Crippen molar-refractivity contribution in [1.82, 2.24) is 9.97 Å². The van der Waals surface area contributed by atoms with Gasteiger partial charge < -0.3 is 15.5 Å². The zero-order chi connectivity index (χ0) is 21.3. The first-order valence-electron chi connectivity index (χ1n) is 9.40. The molecule has 2 N–H and O–H groups in total. The SMILES string of the molecule is C=C/C(=C\C(C=N)=C/C)Nc1nc(-c2cccc(OCC=O)c2)nc2ccccc12. The summed E-state index contributed by atoms with van der Waals surface area (Å²) in [6, 6.07) is 15.0. The van der Waals surface area contributed by atoms with Gasteiger partial charge in [-0.05, 0) is 48.9 Å². The second-order valence-electron chi connectivity index (χ2n) is 6.28. The van der Waals surface area contributed by atoms with Crippen molar-refractivity contribution in [3.63, 3.8) is 0 Å². The van der Waals surface area contributed by atoms with Crippen LogP contribution >= 0.6 is 0 Å². The Morgan fingerprint density at radius 3 is 2.77 bits per heavy atom. The van der Waals surface area contributed by atoms with Gasteiger partial charge in [0.05, 0.1) is 5.52 Å². The summed E-state index contributed by atoms with van der Waals surface area (Å²) in [4.78, 5) is 20.0. The van der Waals surface area contributed by atoms with Gasteiger partial charge in [-0.1, -0.05) is 36.9 Å². The second kappa shape index (κ2) is 9.93. The molecule has 0 fully saturated rings. The minimum absolute atomic E-state index is 0.0113. The predicted molar refractivity (Wildman–Crippen MR) is 121 cm³/mol. The molecule has 0 aliphatic heterocycles. The number of aldehydes is 1. The fourth-order valence-electron chi connectivity index (χ4n) is 2.83. The average Bonchev–Trinajstić information content (AvgIpc) is 2.80. The Morgan fingerprint density at radius 1 is 1.20 bits per heavy atom. The van der Waals surface area contributed by atoms with Crippen LogP contribution in [0.5, 0.6) is 5.75 Å². The maximum absolute atomic E-state index is 10.6. The van der Waals surface area contributed by atoms with Gasteiger partial charge in [0.15, 0.2) is 12.1 Å². The first-order valence-corrected chi connectivity index (χ1v) is 9.40. The third-order valence-corrected chi connectivity index (χ3v) is 4.32. The molecule has 0 saturated heterocycles. The fourth-order valence-corrected chi connectivity index (χ4v) is 2.83. The smallest absolute Gasteiger partial charge is 0.162 e. The number of carbonyl (C=O) groups excluding carboxylic acids is 1. The van der Waals surface area contributed by atoms with Crippen LogP contribution in [-0.4, -0.2) is 29.1 Å². The van der Waals surface area contributed by atoms with Crippen LogP contribution in [0.1, 0.15) is 6.92 Å². The molecule has 30 heavy (non-hydrogen) atoms. The van der Waals surface area contributed by atoms with Crippen molar-refractivity contribution in [1.29, 1.82) is 5.41 Å². The largest absolute Gasteiger partial charge is 0.486 e. The summed E-state index contributed by atoms with van der Waals surface area (Å²) in [6.07, 6.45) is 7.32. The molecule has 3 aromatic rings. The lowest BCUT2D eigenvalue weighted by molar-refractivity contribution is -0.109. The molecule has 3 rings (SSSR count). The van der Waals surface area contributed by atoms with E-state index in [1.54, 1.807) is 18.2 Å². The normalized spacial score (nSPS) is 11.8. The summed E-state index contributed by atoms with van der Waals surface area (Å²) in [5.41, 5.74) is 3.01. The van der Waals surface area contributed by atoms with E-state index in [4.69, 9.17) is 15.1 Å². The van der Waals surface area contributed by atoms with Crippen molar-refractivity contribution in [3.8, 4) is 17.1 Å². The molecular weight excluding hydrogens is 376 g/mol. The number of fused-ring (bicyclic) bond motifs is 1. The number of allylic oxidation sites excluding steroid dienone is 4. The zero-order valence-electron chi connectivity index (χ0n) is 16.6. The van der Waals surface area contributed by atoms with E-state index in [-0.39, 0.29) is 6.61 Å². The van der Waals surface area contributed by atoms with Crippen molar-refractivity contribution in [2.24, 2.45) is 0 Å². The average molecular weight is 398 g/mol. The summed E-state index contributed by atoms with van der Waals surface area (Å²) in [5.74, 6) is 1.72. The van der Waals surface area contributed by atoms with Crippen LogP contribution in [0.4, 0.5) is 5.82 Å². The number of benzene rings is 2. The van der Waals surface area contributed by atoms with Gasteiger partial charge in [-0.25, -0.2) is 9.97 Å². The maximum atomic E-state index is 10.6. The molecule has 0 spiro atoms. The summed E-state index contributed by atoms with van der Waals surface area (Å²) in [7, 11) is 0. The van der Waals surface area contributed by atoms with Gasteiger partial charge in [0.25, 0.3) is 0 Å². The van der Waals surface area contributed by atoms with Crippen molar-refractivity contribution in [3.05, 3.63) is 84.6 Å². The summed E-state index contributed by atoms with van der Waals surface area (Å²) in [5, 5.41) is 11.7. The van der Waals surface area contributed by atoms with Gasteiger partial charge in [-0.15, -0.1) is 0 Å². The minimum Gasteiger partial charge on any atom is -0.486 e. The molecule has 0 radical (unpaired) electrons. The van der Waals surface area contributed by atoms with E-state index in [1.165, 1.54) is 6.21 Å². The third-order valence-electron chi connectivity index (χ3n) is 4.32. The van der Waals surface area contributed by atoms with Gasteiger partial charge in [0, 0.05) is 22.9 Å². The molecule has 0 amide bonds. The Morgan fingerprint density at radius 2 is 2.03 bits per heavy atom. The van der Waals surface area contributed by atoms with Gasteiger partial charge in [0.2, 0.25) is 0 Å². The molecule has 1 heterocycles. The van der Waals surface area contributed by atoms with E-state index in [0.717, 1.165) is 22.0 Å². The van der Waals surface area contributed by atoms with Gasteiger partial charge >= 0.3 is 0 Å². The Hall–Kier alpha value is -4.06. The van der Waals surface area contributed by atoms with Crippen LogP contribution in [-0.2, 0) is 4.79 Å². The van der Waals surface area contributed by atoms with Crippen molar-refractivity contribution < 1.29 is 9.53 Å². The zero-order valence-corrected chi connectivity index (χ0v) is 16.6. The lowest BCUT2D eigenvalue weighted by Gasteiger charge is -2.12. The Kier molecular flexibility index (Phi) is 6.84. The topological polar surface area (TPSA) is 88.0 Å². The lowest BCUT2D eigenvalue weighted by Crippen LogP contribution is -2.04. The molecule has 150 valence electrons. The first-order chi connectivity index (χ1) is 14.7. The van der Waals surface area contributed by atoms with Crippen molar-refractivity contribution in [2.45, 2.75) is 6.92 Å². The van der Waals surface area contributed by atoms with Crippen LogP contribution in [0.15, 0.2) is 84.6 Å². The number of nitrogens with one attached hydrogen (secondary N) is 2. The Balaban J connectivity index is 2.08. The quantitative estimate of drug-likeness (QED) is 0.302. The summed E-state index contributed by atoms with van der Waals surface area (Å²) >= 11 is 0. The number of anilines is 1. The van der Waals surface area contributed by atoms with E-state index in [2.05, 4.69) is 16.9 Å². The molecule has 6 heteroatoms. The third kappa shape index (κ3) is 4.86. The van der Waals surface area contributed by atoms with Crippen LogP contribution in [0.25, 0.3) is 22.3 Å². The number of hydrogen-bond donors (Lipinski definition) is 2. The number of carbonyl (C=O) groups is 1. The van der Waals surface area contributed by atoms with Gasteiger partial charge in [-0.3, -0.25) is 4.79 Å². The Bertz CT molecular complexity index is 1150. The van der Waals surface area contributed by atoms with Crippen LogP contribution in [0, 0.1) is 5.41 Å². The van der Waals surface area contributed by atoms with Crippen LogP contribution in [0.2, 0.25) is 0 Å². The molecule has 0 aliphatic carbocycles. The van der Waals surface area contributed by atoms with Gasteiger partial charge in [0.1, 0.15) is 18.2 Å². The highest BCUT2D eigenvalue weighted by molar-refractivity contribution is 5.91. The van der Waals surface area contributed by atoms with E-state index < -0.39 is 0 Å². The predicted octanol–water partition coefficient (Wildman–Crippen LogP) is 4.95. The van der Waals surface area contributed by atoms with E-state index in [1.807, 2.05) is 55.5 Å². The highest BCUT2D eigenvalue weighted by Crippen LogP contribution is 2.27. The highest BCUT2D eigenvalue weighted by atomic mass is 16.5. The standard InChI is InChI=1S/C24H22N4O2/c1-3-17(16-25)14-19(4-2)26-24-21-10-5-6-11-22(21)27-23(28-24)18-8-7-9-20(15-18)30-13-12-29/h3-12,14-16,25H,2,13H2,1H3,(H,26,27,28)/b17-3+,19-14+,25-16?. The molecule has 0 unspecified atom stereocenters.